The van der Waals surface area contributed by atoms with Gasteiger partial charge in [-0.1, -0.05) is 43.3 Å². The average molecular weight is 494 g/mol. The number of nitrogens with one attached hydrogen (secondary N) is 1. The number of hydrogen-bond acceptors (Lipinski definition) is 8. The summed E-state index contributed by atoms with van der Waals surface area (Å²) in [7, 11) is 0. The van der Waals surface area contributed by atoms with Gasteiger partial charge in [0, 0.05) is 12.8 Å². The number of aliphatic hydroxyl groups is 1. The molecule has 8 heteroatoms. The van der Waals surface area contributed by atoms with E-state index in [1.165, 1.54) is 6.21 Å². The second-order valence-corrected chi connectivity index (χ2v) is 7.32. The minimum absolute atomic E-state index is 0.0742. The minimum Gasteiger partial charge on any atom is -0.489 e. The highest BCUT2D eigenvalue weighted by Crippen LogP contribution is 2.27. The quantitative estimate of drug-likeness (QED) is 0.170. The first kappa shape index (κ1) is 28.6. The normalized spacial score (nSPS) is 11.8. The van der Waals surface area contributed by atoms with E-state index in [1.807, 2.05) is 36.4 Å². The van der Waals surface area contributed by atoms with Crippen molar-refractivity contribution in [3.63, 3.8) is 0 Å². The predicted molar refractivity (Wildman–Crippen MR) is 145 cm³/mol. The van der Waals surface area contributed by atoms with Crippen LogP contribution in [0, 0.1) is 5.41 Å². The van der Waals surface area contributed by atoms with E-state index in [2.05, 4.69) is 16.9 Å². The summed E-state index contributed by atoms with van der Waals surface area (Å²) >= 11 is 0. The van der Waals surface area contributed by atoms with E-state index in [9.17, 15) is 0 Å². The molecule has 0 unspecified atom stereocenters. The van der Waals surface area contributed by atoms with Crippen LogP contribution in [-0.2, 0) is 9.47 Å². The molecular weight excluding hydrogens is 458 g/mol. The third kappa shape index (κ3) is 12.2. The summed E-state index contributed by atoms with van der Waals surface area (Å²) in [5.41, 5.74) is 1.55. The second kappa shape index (κ2) is 18.7. The van der Waals surface area contributed by atoms with Crippen LogP contribution < -0.4 is 9.47 Å². The van der Waals surface area contributed by atoms with Gasteiger partial charge in [-0.2, -0.15) is 0 Å². The van der Waals surface area contributed by atoms with Gasteiger partial charge < -0.3 is 24.1 Å². The molecule has 0 amide bonds. The monoisotopic (exact) mass is 493 g/mol. The Morgan fingerprint density at radius 1 is 0.778 bits per heavy atom. The van der Waals surface area contributed by atoms with Crippen molar-refractivity contribution < 1.29 is 24.1 Å². The number of rotatable bonds is 18. The van der Waals surface area contributed by atoms with Crippen LogP contribution in [0.25, 0.3) is 0 Å². The Kier molecular flexibility index (Phi) is 14.9. The zero-order valence-corrected chi connectivity index (χ0v) is 20.7. The Bertz CT molecular complexity index is 1020. The number of benzene rings is 2. The van der Waals surface area contributed by atoms with Crippen molar-refractivity contribution >= 4 is 29.5 Å². The maximum absolute atomic E-state index is 8.92. The van der Waals surface area contributed by atoms with Crippen molar-refractivity contribution in [1.82, 2.24) is 0 Å². The topological polar surface area (TPSA) is 106 Å². The molecule has 0 aromatic heterocycles. The lowest BCUT2D eigenvalue weighted by Gasteiger charge is -2.09. The molecule has 2 rings (SSSR count). The van der Waals surface area contributed by atoms with Gasteiger partial charge in [0.1, 0.15) is 36.1 Å². The van der Waals surface area contributed by atoms with Gasteiger partial charge in [0.05, 0.1) is 38.4 Å². The molecule has 2 aromatic rings. The average Bonchev–Trinajstić information content (AvgIpc) is 2.90. The van der Waals surface area contributed by atoms with E-state index in [1.54, 1.807) is 42.7 Å². The molecule has 0 radical (unpaired) electrons. The van der Waals surface area contributed by atoms with E-state index in [-0.39, 0.29) is 18.9 Å². The van der Waals surface area contributed by atoms with Gasteiger partial charge in [-0.15, -0.1) is 0 Å². The highest BCUT2D eigenvalue weighted by atomic mass is 16.5. The zero-order chi connectivity index (χ0) is 25.7. The SMILES string of the molecule is CCCOCCOCCOc1ccccc1N=C/C=C/C=C\C(=N)C=Nc1ccccc1OCCO. The van der Waals surface area contributed by atoms with Crippen molar-refractivity contribution in [2.45, 2.75) is 13.3 Å². The number of aliphatic hydroxyl groups excluding tert-OH is 1. The van der Waals surface area contributed by atoms with Gasteiger partial charge in [-0.3, -0.25) is 15.4 Å². The Hall–Kier alpha value is -3.59. The van der Waals surface area contributed by atoms with Crippen molar-refractivity contribution in [2.24, 2.45) is 9.98 Å². The van der Waals surface area contributed by atoms with Gasteiger partial charge in [0.25, 0.3) is 0 Å². The lowest BCUT2D eigenvalue weighted by Crippen LogP contribution is -2.11. The highest BCUT2D eigenvalue weighted by molar-refractivity contribution is 6.34. The number of ether oxygens (including phenoxy) is 4. The lowest BCUT2D eigenvalue weighted by atomic mass is 10.3. The van der Waals surface area contributed by atoms with Crippen LogP contribution in [0.1, 0.15) is 13.3 Å². The maximum Gasteiger partial charge on any atom is 0.145 e. The Morgan fingerprint density at radius 2 is 1.39 bits per heavy atom. The molecular formula is C28H35N3O5. The van der Waals surface area contributed by atoms with Crippen LogP contribution in [0.15, 0.2) is 82.8 Å². The molecule has 0 aliphatic heterocycles. The minimum atomic E-state index is -0.0742. The summed E-state index contributed by atoms with van der Waals surface area (Å²) < 4.78 is 22.1. The molecule has 0 saturated carbocycles. The third-order valence-electron chi connectivity index (χ3n) is 4.43. The lowest BCUT2D eigenvalue weighted by molar-refractivity contribution is 0.0366. The molecule has 0 aliphatic rings. The largest absolute Gasteiger partial charge is 0.489 e. The van der Waals surface area contributed by atoms with Crippen molar-refractivity contribution in [2.75, 3.05) is 46.2 Å². The summed E-state index contributed by atoms with van der Waals surface area (Å²) in [6.07, 6.45) is 11.0. The van der Waals surface area contributed by atoms with Gasteiger partial charge >= 0.3 is 0 Å². The number of hydrogen-bond donors (Lipinski definition) is 2. The summed E-state index contributed by atoms with van der Waals surface area (Å²) in [4.78, 5) is 8.73. The fraction of sp³-hybridized carbons (Fsp3) is 0.321. The van der Waals surface area contributed by atoms with Gasteiger partial charge in [0.2, 0.25) is 0 Å². The van der Waals surface area contributed by atoms with Crippen molar-refractivity contribution in [3.05, 3.63) is 72.8 Å². The summed E-state index contributed by atoms with van der Waals surface area (Å²) in [5.74, 6) is 1.24. The smallest absolute Gasteiger partial charge is 0.145 e. The zero-order valence-electron chi connectivity index (χ0n) is 20.7. The molecule has 192 valence electrons. The van der Waals surface area contributed by atoms with E-state index in [0.717, 1.165) is 18.7 Å². The first-order valence-corrected chi connectivity index (χ1v) is 11.9. The van der Waals surface area contributed by atoms with E-state index in [4.69, 9.17) is 29.5 Å². The number of aliphatic imine (C=N–C) groups is 2. The first-order valence-electron chi connectivity index (χ1n) is 11.9. The van der Waals surface area contributed by atoms with E-state index >= 15 is 0 Å². The van der Waals surface area contributed by atoms with Crippen molar-refractivity contribution in [1.29, 1.82) is 5.41 Å². The molecule has 0 heterocycles. The standard InChI is InChI=1S/C28H35N3O5/c1-2-17-33-19-20-34-21-22-36-27-13-7-5-11-25(27)30-15-9-3-4-10-24(29)23-31-26-12-6-8-14-28(26)35-18-16-32/h3-15,23,29,32H,2,16-22H2,1H3/b9-3+,10-4-,29-24?,30-15?,31-23?. The molecule has 2 N–H and O–H groups in total. The third-order valence-corrected chi connectivity index (χ3v) is 4.43. The maximum atomic E-state index is 8.92. The summed E-state index contributed by atoms with van der Waals surface area (Å²) in [6.45, 7) is 5.00. The fourth-order valence-corrected chi connectivity index (χ4v) is 2.78. The summed E-state index contributed by atoms with van der Waals surface area (Å²) in [5, 5.41) is 16.9. The van der Waals surface area contributed by atoms with Crippen LogP contribution in [0.3, 0.4) is 0 Å². The molecule has 36 heavy (non-hydrogen) atoms. The Morgan fingerprint density at radius 3 is 2.08 bits per heavy atom. The second-order valence-electron chi connectivity index (χ2n) is 7.32. The van der Waals surface area contributed by atoms with Crippen LogP contribution in [0.4, 0.5) is 11.4 Å². The summed E-state index contributed by atoms with van der Waals surface area (Å²) in [6, 6.07) is 14.8. The van der Waals surface area contributed by atoms with Gasteiger partial charge in [-0.25, -0.2) is 0 Å². The van der Waals surface area contributed by atoms with Crippen LogP contribution >= 0.6 is 0 Å². The molecule has 0 bridgehead atoms. The molecule has 2 aromatic carbocycles. The molecule has 0 spiro atoms. The fourth-order valence-electron chi connectivity index (χ4n) is 2.78. The Labute approximate surface area is 213 Å². The highest BCUT2D eigenvalue weighted by Gasteiger charge is 2.01. The molecule has 0 atom stereocenters. The first-order chi connectivity index (χ1) is 17.7. The van der Waals surface area contributed by atoms with Crippen molar-refractivity contribution in [3.8, 4) is 11.5 Å². The number of allylic oxidation sites excluding steroid dienone is 4. The molecule has 0 saturated heterocycles. The Balaban J connectivity index is 1.77. The number of para-hydroxylation sites is 4. The molecule has 0 fully saturated rings. The van der Waals surface area contributed by atoms with Gasteiger partial charge in [0.15, 0.2) is 0 Å². The van der Waals surface area contributed by atoms with Crippen LogP contribution in [-0.4, -0.2) is 69.5 Å². The number of nitrogens with zero attached hydrogens (tertiary/aromatic N) is 2. The van der Waals surface area contributed by atoms with E-state index < -0.39 is 0 Å². The molecule has 8 nitrogen and oxygen atoms in total. The van der Waals surface area contributed by atoms with Crippen LogP contribution in [0.2, 0.25) is 0 Å². The molecule has 0 aliphatic carbocycles. The predicted octanol–water partition coefficient (Wildman–Crippen LogP) is 5.12. The van der Waals surface area contributed by atoms with E-state index in [0.29, 0.717) is 43.6 Å². The van der Waals surface area contributed by atoms with Crippen LogP contribution in [0.5, 0.6) is 11.5 Å². The van der Waals surface area contributed by atoms with Gasteiger partial charge in [-0.05, 0) is 42.8 Å².